The molecule has 150 valence electrons. The summed E-state index contributed by atoms with van der Waals surface area (Å²) < 4.78 is 6.18. The van der Waals surface area contributed by atoms with Crippen molar-refractivity contribution < 1.29 is 14.9 Å². The minimum absolute atomic E-state index is 0.172. The Labute approximate surface area is 167 Å². The molecule has 2 aromatic rings. The lowest BCUT2D eigenvalue weighted by molar-refractivity contribution is 0.117. The standard InChI is InChI=1S/C23H30N2O3/c1-4-5-7-10-16-13-19(27)21-20(14-16)28-23(2,3)18(15-26)22(21)25-24-17-11-8-6-9-12-17/h6,8-9,11-15,22,24-27H,4-5,7,10H2,1-3H3/b18-15+. The zero-order valence-electron chi connectivity index (χ0n) is 16.8. The SMILES string of the molecule is CCCCCc1cc(O)c2c(c1)OC(C)(C)/C(=C/O)C2NNc1ccccc1. The highest BCUT2D eigenvalue weighted by atomic mass is 16.5. The molecule has 0 fully saturated rings. The number of hydrazine groups is 1. The summed E-state index contributed by atoms with van der Waals surface area (Å²) in [7, 11) is 0. The number of aromatic hydroxyl groups is 1. The third-order valence-electron chi connectivity index (χ3n) is 5.18. The van der Waals surface area contributed by atoms with Crippen molar-refractivity contribution in [3.63, 3.8) is 0 Å². The van der Waals surface area contributed by atoms with E-state index < -0.39 is 11.6 Å². The van der Waals surface area contributed by atoms with Crippen LogP contribution in [-0.2, 0) is 6.42 Å². The first kappa shape index (κ1) is 20.1. The molecule has 1 heterocycles. The lowest BCUT2D eigenvalue weighted by Crippen LogP contribution is -2.43. The first-order valence-corrected chi connectivity index (χ1v) is 9.92. The van der Waals surface area contributed by atoms with E-state index in [4.69, 9.17) is 4.74 Å². The van der Waals surface area contributed by atoms with Gasteiger partial charge in [-0.05, 0) is 56.5 Å². The van der Waals surface area contributed by atoms with Crippen LogP contribution in [0.15, 0.2) is 54.3 Å². The summed E-state index contributed by atoms with van der Waals surface area (Å²) in [6.07, 6.45) is 5.37. The number of nitrogens with one attached hydrogen (secondary N) is 2. The van der Waals surface area contributed by atoms with Gasteiger partial charge in [-0.1, -0.05) is 38.0 Å². The predicted molar refractivity (Wildman–Crippen MR) is 113 cm³/mol. The summed E-state index contributed by atoms with van der Waals surface area (Å²) in [5.41, 5.74) is 8.92. The van der Waals surface area contributed by atoms with Gasteiger partial charge in [0, 0.05) is 11.3 Å². The highest BCUT2D eigenvalue weighted by molar-refractivity contribution is 5.56. The molecule has 4 N–H and O–H groups in total. The van der Waals surface area contributed by atoms with Crippen molar-refractivity contribution in [3.8, 4) is 11.5 Å². The molecule has 1 atom stereocenters. The molecule has 5 heteroatoms. The smallest absolute Gasteiger partial charge is 0.130 e. The first-order chi connectivity index (χ1) is 13.5. The molecule has 28 heavy (non-hydrogen) atoms. The van der Waals surface area contributed by atoms with Crippen molar-refractivity contribution >= 4 is 5.69 Å². The molecular weight excluding hydrogens is 352 g/mol. The molecular formula is C23H30N2O3. The van der Waals surface area contributed by atoms with Crippen molar-refractivity contribution in [2.45, 2.75) is 58.1 Å². The van der Waals surface area contributed by atoms with Gasteiger partial charge in [-0.2, -0.15) is 0 Å². The molecule has 0 saturated heterocycles. The zero-order valence-corrected chi connectivity index (χ0v) is 16.8. The average molecular weight is 383 g/mol. The Bertz CT molecular complexity index is 831. The Morgan fingerprint density at radius 1 is 1.14 bits per heavy atom. The van der Waals surface area contributed by atoms with Crippen LogP contribution in [0.4, 0.5) is 5.69 Å². The second-order valence-electron chi connectivity index (χ2n) is 7.75. The van der Waals surface area contributed by atoms with Gasteiger partial charge in [0.05, 0.1) is 17.9 Å². The number of para-hydroxylation sites is 1. The summed E-state index contributed by atoms with van der Waals surface area (Å²) in [4.78, 5) is 0. The number of hydrogen-bond acceptors (Lipinski definition) is 5. The van der Waals surface area contributed by atoms with Crippen LogP contribution in [0.5, 0.6) is 11.5 Å². The maximum atomic E-state index is 10.8. The molecule has 0 amide bonds. The van der Waals surface area contributed by atoms with E-state index >= 15 is 0 Å². The fourth-order valence-electron chi connectivity index (χ4n) is 3.66. The molecule has 2 aromatic carbocycles. The quantitative estimate of drug-likeness (QED) is 0.293. The van der Waals surface area contributed by atoms with E-state index in [9.17, 15) is 10.2 Å². The zero-order chi connectivity index (χ0) is 20.1. The monoisotopic (exact) mass is 382 g/mol. The van der Waals surface area contributed by atoms with E-state index in [-0.39, 0.29) is 5.75 Å². The van der Waals surface area contributed by atoms with E-state index in [0.717, 1.165) is 43.2 Å². The molecule has 0 radical (unpaired) electrons. The van der Waals surface area contributed by atoms with Crippen LogP contribution in [0.25, 0.3) is 0 Å². The number of aliphatic hydroxyl groups is 1. The van der Waals surface area contributed by atoms with E-state index in [1.807, 2.05) is 56.3 Å². The summed E-state index contributed by atoms with van der Waals surface area (Å²) in [5, 5.41) is 20.7. The number of aliphatic hydroxyl groups excluding tert-OH is 1. The molecule has 0 saturated carbocycles. The molecule has 5 nitrogen and oxygen atoms in total. The number of anilines is 1. The predicted octanol–water partition coefficient (Wildman–Crippen LogP) is 5.40. The third kappa shape index (κ3) is 4.25. The number of phenolic OH excluding ortho intramolecular Hbond substituents is 1. The number of fused-ring (bicyclic) bond motifs is 1. The molecule has 3 rings (SSSR count). The molecule has 0 aliphatic carbocycles. The normalized spacial score (nSPS) is 19.1. The number of rotatable bonds is 7. The minimum Gasteiger partial charge on any atom is -0.515 e. The Morgan fingerprint density at radius 2 is 1.89 bits per heavy atom. The Hall–Kier alpha value is -2.66. The van der Waals surface area contributed by atoms with Crippen LogP contribution < -0.4 is 15.6 Å². The fraction of sp³-hybridized carbons (Fsp3) is 0.391. The number of benzene rings is 2. The maximum Gasteiger partial charge on any atom is 0.130 e. The van der Waals surface area contributed by atoms with E-state index in [1.54, 1.807) is 0 Å². The topological polar surface area (TPSA) is 73.8 Å². The van der Waals surface area contributed by atoms with Gasteiger partial charge in [0.1, 0.15) is 17.1 Å². The van der Waals surface area contributed by atoms with Gasteiger partial charge in [-0.3, -0.25) is 0 Å². The largest absolute Gasteiger partial charge is 0.515 e. The van der Waals surface area contributed by atoms with Gasteiger partial charge in [0.2, 0.25) is 0 Å². The van der Waals surface area contributed by atoms with E-state index in [0.29, 0.717) is 16.9 Å². The third-order valence-corrected chi connectivity index (χ3v) is 5.18. The Morgan fingerprint density at radius 3 is 2.57 bits per heavy atom. The van der Waals surface area contributed by atoms with Gasteiger partial charge in [-0.15, -0.1) is 0 Å². The Kier molecular flexibility index (Phi) is 6.15. The summed E-state index contributed by atoms with van der Waals surface area (Å²) in [6, 6.07) is 13.1. The minimum atomic E-state index is -0.716. The summed E-state index contributed by atoms with van der Waals surface area (Å²) in [6.45, 7) is 6.00. The fourth-order valence-corrected chi connectivity index (χ4v) is 3.66. The van der Waals surface area contributed by atoms with Crippen molar-refractivity contribution in [1.82, 2.24) is 5.43 Å². The highest BCUT2D eigenvalue weighted by Crippen LogP contribution is 2.47. The lowest BCUT2D eigenvalue weighted by Gasteiger charge is -2.40. The maximum absolute atomic E-state index is 10.8. The van der Waals surface area contributed by atoms with Crippen LogP contribution in [-0.4, -0.2) is 15.8 Å². The van der Waals surface area contributed by atoms with Gasteiger partial charge < -0.3 is 20.4 Å². The van der Waals surface area contributed by atoms with E-state index in [2.05, 4.69) is 17.8 Å². The van der Waals surface area contributed by atoms with Crippen molar-refractivity contribution in [3.05, 3.63) is 65.4 Å². The second kappa shape index (κ2) is 8.57. The van der Waals surface area contributed by atoms with E-state index in [1.165, 1.54) is 0 Å². The summed E-state index contributed by atoms with van der Waals surface area (Å²) in [5.74, 6) is 0.820. The summed E-state index contributed by atoms with van der Waals surface area (Å²) >= 11 is 0. The van der Waals surface area contributed by atoms with Gasteiger partial charge in [0.25, 0.3) is 0 Å². The van der Waals surface area contributed by atoms with Gasteiger partial charge in [0.15, 0.2) is 0 Å². The molecule has 1 aliphatic rings. The van der Waals surface area contributed by atoms with Crippen molar-refractivity contribution in [2.75, 3.05) is 5.43 Å². The van der Waals surface area contributed by atoms with Gasteiger partial charge in [-0.25, -0.2) is 5.43 Å². The van der Waals surface area contributed by atoms with Crippen LogP contribution in [0.1, 0.15) is 57.2 Å². The van der Waals surface area contributed by atoms with Crippen LogP contribution in [0, 0.1) is 0 Å². The number of hydrogen-bond donors (Lipinski definition) is 4. The molecule has 1 aliphatic heterocycles. The van der Waals surface area contributed by atoms with Crippen LogP contribution in [0.2, 0.25) is 0 Å². The van der Waals surface area contributed by atoms with Crippen LogP contribution >= 0.6 is 0 Å². The highest BCUT2D eigenvalue weighted by Gasteiger charge is 2.41. The molecule has 0 spiro atoms. The lowest BCUT2D eigenvalue weighted by atomic mass is 9.84. The number of ether oxygens (including phenoxy) is 1. The van der Waals surface area contributed by atoms with Crippen LogP contribution in [0.3, 0.4) is 0 Å². The second-order valence-corrected chi connectivity index (χ2v) is 7.75. The first-order valence-electron chi connectivity index (χ1n) is 9.92. The molecule has 0 bridgehead atoms. The Balaban J connectivity index is 1.94. The number of aryl methyl sites for hydroxylation is 1. The van der Waals surface area contributed by atoms with Crippen molar-refractivity contribution in [1.29, 1.82) is 0 Å². The number of phenols is 1. The number of unbranched alkanes of at least 4 members (excludes halogenated alkanes) is 2. The van der Waals surface area contributed by atoms with Gasteiger partial charge >= 0.3 is 0 Å². The molecule has 1 unspecified atom stereocenters. The average Bonchev–Trinajstić information content (AvgIpc) is 2.66. The molecule has 0 aromatic heterocycles. The van der Waals surface area contributed by atoms with Crippen molar-refractivity contribution in [2.24, 2.45) is 0 Å².